The van der Waals surface area contributed by atoms with Crippen LogP contribution in [0.25, 0.3) is 0 Å². The molecule has 0 amide bonds. The van der Waals surface area contributed by atoms with Crippen molar-refractivity contribution < 1.29 is 14.4 Å². The highest BCUT2D eigenvalue weighted by Gasteiger charge is 2.39. The minimum Gasteiger partial charge on any atom is -0.393 e. The van der Waals surface area contributed by atoms with Gasteiger partial charge in [-0.1, -0.05) is 5.16 Å². The molecule has 3 heterocycles. The molecule has 5 nitrogen and oxygen atoms in total. The SMILES string of the molecule is Cc1noc(C)c1CN1CCC2(CC1)CC(O)CCO2. The summed E-state index contributed by atoms with van der Waals surface area (Å²) in [5.74, 6) is 0.923. The van der Waals surface area contributed by atoms with Gasteiger partial charge in [-0.2, -0.15) is 0 Å². The molecule has 1 aromatic rings. The Morgan fingerprint density at radius 1 is 1.35 bits per heavy atom. The van der Waals surface area contributed by atoms with Crippen LogP contribution < -0.4 is 0 Å². The first-order chi connectivity index (χ1) is 9.58. The van der Waals surface area contributed by atoms with E-state index in [1.165, 1.54) is 5.56 Å². The van der Waals surface area contributed by atoms with E-state index >= 15 is 0 Å². The van der Waals surface area contributed by atoms with Crippen molar-refractivity contribution in [3.63, 3.8) is 0 Å². The number of hydrogen-bond donors (Lipinski definition) is 1. The van der Waals surface area contributed by atoms with Gasteiger partial charge in [-0.15, -0.1) is 0 Å². The Bertz CT molecular complexity index is 444. The first-order valence-electron chi connectivity index (χ1n) is 7.54. The quantitative estimate of drug-likeness (QED) is 0.895. The molecule has 5 heteroatoms. The van der Waals surface area contributed by atoms with Gasteiger partial charge in [0.1, 0.15) is 5.76 Å². The number of aromatic nitrogens is 1. The molecular formula is C15H24N2O3. The van der Waals surface area contributed by atoms with Crippen LogP contribution >= 0.6 is 0 Å². The Balaban J connectivity index is 1.59. The lowest BCUT2D eigenvalue weighted by Crippen LogP contribution is -2.50. The van der Waals surface area contributed by atoms with Crippen LogP contribution in [0.1, 0.15) is 42.7 Å². The van der Waals surface area contributed by atoms with Gasteiger partial charge < -0.3 is 14.4 Å². The van der Waals surface area contributed by atoms with Crippen LogP contribution in [0.15, 0.2) is 4.52 Å². The number of aliphatic hydroxyl groups excluding tert-OH is 1. The van der Waals surface area contributed by atoms with E-state index in [1.54, 1.807) is 0 Å². The molecule has 0 bridgehead atoms. The van der Waals surface area contributed by atoms with E-state index in [9.17, 15) is 5.11 Å². The first kappa shape index (κ1) is 14.0. The molecule has 1 atom stereocenters. The van der Waals surface area contributed by atoms with E-state index in [4.69, 9.17) is 9.26 Å². The molecule has 20 heavy (non-hydrogen) atoms. The van der Waals surface area contributed by atoms with Gasteiger partial charge in [-0.05, 0) is 33.1 Å². The average molecular weight is 280 g/mol. The molecule has 1 N–H and O–H groups in total. The van der Waals surface area contributed by atoms with E-state index in [0.29, 0.717) is 6.61 Å². The first-order valence-corrected chi connectivity index (χ1v) is 7.54. The molecule has 2 saturated heterocycles. The lowest BCUT2D eigenvalue weighted by atomic mass is 9.83. The molecule has 0 saturated carbocycles. The van der Waals surface area contributed by atoms with E-state index in [-0.39, 0.29) is 11.7 Å². The Labute approximate surface area is 119 Å². The Kier molecular flexibility index (Phi) is 3.84. The number of hydrogen-bond acceptors (Lipinski definition) is 5. The lowest BCUT2D eigenvalue weighted by molar-refractivity contribution is -0.143. The summed E-state index contributed by atoms with van der Waals surface area (Å²) in [6.45, 7) is 7.59. The zero-order valence-electron chi connectivity index (χ0n) is 12.4. The molecule has 112 valence electrons. The van der Waals surface area contributed by atoms with Crippen LogP contribution in [0.3, 0.4) is 0 Å². The van der Waals surface area contributed by atoms with E-state index < -0.39 is 0 Å². The summed E-state index contributed by atoms with van der Waals surface area (Å²) >= 11 is 0. The van der Waals surface area contributed by atoms with Crippen molar-refractivity contribution >= 4 is 0 Å². The van der Waals surface area contributed by atoms with Gasteiger partial charge in [0.2, 0.25) is 0 Å². The fourth-order valence-electron chi connectivity index (χ4n) is 3.42. The second kappa shape index (κ2) is 5.47. The maximum atomic E-state index is 9.86. The van der Waals surface area contributed by atoms with Crippen molar-refractivity contribution in [3.8, 4) is 0 Å². The maximum Gasteiger partial charge on any atom is 0.138 e. The van der Waals surface area contributed by atoms with Crippen LogP contribution in [-0.4, -0.2) is 46.6 Å². The van der Waals surface area contributed by atoms with Crippen molar-refractivity contribution in [2.75, 3.05) is 19.7 Å². The Morgan fingerprint density at radius 3 is 2.70 bits per heavy atom. The predicted molar refractivity (Wildman–Crippen MR) is 74.4 cm³/mol. The lowest BCUT2D eigenvalue weighted by Gasteiger charge is -2.45. The summed E-state index contributed by atoms with van der Waals surface area (Å²) in [7, 11) is 0. The molecule has 2 aliphatic rings. The highest BCUT2D eigenvalue weighted by atomic mass is 16.5. The van der Waals surface area contributed by atoms with Crippen molar-refractivity contribution in [3.05, 3.63) is 17.0 Å². The largest absolute Gasteiger partial charge is 0.393 e. The summed E-state index contributed by atoms with van der Waals surface area (Å²) in [6, 6.07) is 0. The zero-order chi connectivity index (χ0) is 14.2. The fraction of sp³-hybridized carbons (Fsp3) is 0.800. The molecule has 0 radical (unpaired) electrons. The van der Waals surface area contributed by atoms with Gasteiger partial charge in [0.15, 0.2) is 0 Å². The van der Waals surface area contributed by atoms with Crippen molar-refractivity contribution in [1.29, 1.82) is 0 Å². The number of rotatable bonds is 2. The second-order valence-electron chi connectivity index (χ2n) is 6.26. The Morgan fingerprint density at radius 2 is 2.10 bits per heavy atom. The summed E-state index contributed by atoms with van der Waals surface area (Å²) in [4.78, 5) is 2.43. The third-order valence-corrected chi connectivity index (χ3v) is 4.80. The standard InChI is InChI=1S/C15H24N2O3/c1-11-14(12(2)20-16-11)10-17-6-4-15(5-7-17)9-13(18)3-8-19-15/h13,18H,3-10H2,1-2H3. The summed E-state index contributed by atoms with van der Waals surface area (Å²) in [6.07, 6.45) is 3.41. The van der Waals surface area contributed by atoms with Crippen molar-refractivity contribution in [1.82, 2.24) is 10.1 Å². The summed E-state index contributed by atoms with van der Waals surface area (Å²) in [5, 5.41) is 13.9. The molecule has 3 rings (SSSR count). The van der Waals surface area contributed by atoms with Gasteiger partial charge in [0, 0.05) is 38.2 Å². The van der Waals surface area contributed by atoms with Crippen LogP contribution in [0, 0.1) is 13.8 Å². The smallest absolute Gasteiger partial charge is 0.138 e. The fourth-order valence-corrected chi connectivity index (χ4v) is 3.42. The van der Waals surface area contributed by atoms with Gasteiger partial charge in [0.25, 0.3) is 0 Å². The monoisotopic (exact) mass is 280 g/mol. The van der Waals surface area contributed by atoms with Crippen molar-refractivity contribution in [2.45, 2.75) is 57.8 Å². The highest BCUT2D eigenvalue weighted by Crippen LogP contribution is 2.35. The number of aliphatic hydroxyl groups is 1. The zero-order valence-corrected chi connectivity index (χ0v) is 12.4. The van der Waals surface area contributed by atoms with Gasteiger partial charge in [0.05, 0.1) is 17.4 Å². The number of piperidine rings is 1. The van der Waals surface area contributed by atoms with Crippen LogP contribution in [0.5, 0.6) is 0 Å². The van der Waals surface area contributed by atoms with E-state index in [1.807, 2.05) is 13.8 Å². The highest BCUT2D eigenvalue weighted by molar-refractivity contribution is 5.20. The molecule has 1 aromatic heterocycles. The number of aryl methyl sites for hydroxylation is 2. The van der Waals surface area contributed by atoms with Gasteiger partial charge in [-0.25, -0.2) is 0 Å². The summed E-state index contributed by atoms with van der Waals surface area (Å²) < 4.78 is 11.2. The van der Waals surface area contributed by atoms with Gasteiger partial charge in [-0.3, -0.25) is 4.90 Å². The molecule has 1 spiro atoms. The molecule has 1 unspecified atom stereocenters. The van der Waals surface area contributed by atoms with Crippen molar-refractivity contribution in [2.24, 2.45) is 0 Å². The normalized spacial score (nSPS) is 27.1. The minimum absolute atomic E-state index is 0.0765. The predicted octanol–water partition coefficient (Wildman–Crippen LogP) is 1.80. The molecule has 0 aromatic carbocycles. The number of nitrogens with zero attached hydrogens (tertiary/aromatic N) is 2. The topological polar surface area (TPSA) is 58.7 Å². The Hall–Kier alpha value is -0.910. The van der Waals surface area contributed by atoms with E-state index in [0.717, 1.165) is 56.8 Å². The average Bonchev–Trinajstić information content (AvgIpc) is 2.73. The molecule has 0 aliphatic carbocycles. The van der Waals surface area contributed by atoms with Crippen LogP contribution in [-0.2, 0) is 11.3 Å². The molecule has 2 aliphatic heterocycles. The molecular weight excluding hydrogens is 256 g/mol. The number of ether oxygens (including phenoxy) is 1. The second-order valence-corrected chi connectivity index (χ2v) is 6.26. The van der Waals surface area contributed by atoms with Gasteiger partial charge >= 0.3 is 0 Å². The van der Waals surface area contributed by atoms with Crippen LogP contribution in [0.4, 0.5) is 0 Å². The minimum atomic E-state index is -0.183. The number of likely N-dealkylation sites (tertiary alicyclic amines) is 1. The molecule has 2 fully saturated rings. The maximum absolute atomic E-state index is 9.86. The third kappa shape index (κ3) is 2.75. The summed E-state index contributed by atoms with van der Waals surface area (Å²) in [5.41, 5.74) is 2.13. The third-order valence-electron chi connectivity index (χ3n) is 4.80. The van der Waals surface area contributed by atoms with Crippen LogP contribution in [0.2, 0.25) is 0 Å². The van der Waals surface area contributed by atoms with E-state index in [2.05, 4.69) is 10.1 Å².